The van der Waals surface area contributed by atoms with Crippen molar-refractivity contribution in [2.24, 2.45) is 0 Å². The minimum Gasteiger partial charge on any atom is -0.490 e. The molecule has 31 heavy (non-hydrogen) atoms. The predicted octanol–water partition coefficient (Wildman–Crippen LogP) is 4.31. The number of benzene rings is 3. The molecular weight excluding hydrogens is 392 g/mol. The van der Waals surface area contributed by atoms with Crippen LogP contribution in [-0.2, 0) is 11.2 Å². The quantitative estimate of drug-likeness (QED) is 0.623. The van der Waals surface area contributed by atoms with E-state index in [1.54, 1.807) is 41.3 Å². The van der Waals surface area contributed by atoms with Crippen molar-refractivity contribution in [3.05, 3.63) is 83.9 Å². The van der Waals surface area contributed by atoms with E-state index in [1.807, 2.05) is 37.3 Å². The lowest BCUT2D eigenvalue weighted by Crippen LogP contribution is -2.28. The summed E-state index contributed by atoms with van der Waals surface area (Å²) in [6.45, 7) is 2.94. The summed E-state index contributed by atoms with van der Waals surface area (Å²) in [6.07, 6.45) is 0.864. The highest BCUT2D eigenvalue weighted by Crippen LogP contribution is 2.29. The molecule has 2 amide bonds. The second-order valence-electron chi connectivity index (χ2n) is 7.13. The van der Waals surface area contributed by atoms with Crippen LogP contribution in [0.1, 0.15) is 22.8 Å². The van der Waals surface area contributed by atoms with Crippen molar-refractivity contribution in [2.75, 3.05) is 30.0 Å². The first-order valence-corrected chi connectivity index (χ1v) is 10.3. The average Bonchev–Trinajstić information content (AvgIpc) is 3.23. The summed E-state index contributed by atoms with van der Waals surface area (Å²) in [5, 5.41) is 2.79. The predicted molar refractivity (Wildman–Crippen MR) is 120 cm³/mol. The van der Waals surface area contributed by atoms with E-state index in [4.69, 9.17) is 9.47 Å². The van der Waals surface area contributed by atoms with Crippen LogP contribution < -0.4 is 19.7 Å². The number of hydrogen-bond acceptors (Lipinski definition) is 4. The van der Waals surface area contributed by atoms with Crippen LogP contribution in [0.15, 0.2) is 72.8 Å². The lowest BCUT2D eigenvalue weighted by molar-refractivity contribution is -0.118. The van der Waals surface area contributed by atoms with Crippen molar-refractivity contribution in [2.45, 2.75) is 13.3 Å². The Hall–Kier alpha value is -3.80. The van der Waals surface area contributed by atoms with E-state index in [1.165, 1.54) is 5.56 Å². The first-order valence-electron chi connectivity index (χ1n) is 10.3. The largest absolute Gasteiger partial charge is 0.490 e. The SMILES string of the molecule is CCOc1ccccc1OCC(=O)Nc1ccc(C(=O)N2CCc3ccccc32)cc1. The maximum atomic E-state index is 12.9. The Bertz CT molecular complexity index is 1080. The van der Waals surface area contributed by atoms with Crippen LogP contribution in [-0.4, -0.2) is 31.6 Å². The molecule has 158 valence electrons. The highest BCUT2D eigenvalue weighted by Gasteiger charge is 2.25. The molecule has 0 bridgehead atoms. The topological polar surface area (TPSA) is 67.9 Å². The zero-order chi connectivity index (χ0) is 21.6. The van der Waals surface area contributed by atoms with E-state index in [0.29, 0.717) is 35.9 Å². The zero-order valence-corrected chi connectivity index (χ0v) is 17.3. The van der Waals surface area contributed by atoms with Crippen LogP contribution in [0.5, 0.6) is 11.5 Å². The van der Waals surface area contributed by atoms with E-state index in [0.717, 1.165) is 12.1 Å². The number of amides is 2. The maximum Gasteiger partial charge on any atom is 0.262 e. The van der Waals surface area contributed by atoms with Gasteiger partial charge in [-0.15, -0.1) is 0 Å². The maximum absolute atomic E-state index is 12.9. The number of fused-ring (bicyclic) bond motifs is 1. The van der Waals surface area contributed by atoms with Gasteiger partial charge in [-0.25, -0.2) is 0 Å². The van der Waals surface area contributed by atoms with Crippen molar-refractivity contribution >= 4 is 23.2 Å². The Kier molecular flexibility index (Phi) is 6.17. The molecule has 0 aliphatic carbocycles. The fraction of sp³-hybridized carbons (Fsp3) is 0.200. The Labute approximate surface area is 181 Å². The number of carbonyl (C=O) groups excluding carboxylic acids is 2. The molecule has 0 saturated carbocycles. The summed E-state index contributed by atoms with van der Waals surface area (Å²) < 4.78 is 11.1. The molecule has 0 saturated heterocycles. The van der Waals surface area contributed by atoms with Gasteiger partial charge in [-0.1, -0.05) is 30.3 Å². The third-order valence-electron chi connectivity index (χ3n) is 5.06. The molecule has 0 unspecified atom stereocenters. The summed E-state index contributed by atoms with van der Waals surface area (Å²) in [5.41, 5.74) is 3.33. The van der Waals surface area contributed by atoms with Gasteiger partial charge in [0.25, 0.3) is 11.8 Å². The van der Waals surface area contributed by atoms with Crippen molar-refractivity contribution in [3.63, 3.8) is 0 Å². The molecule has 0 radical (unpaired) electrons. The molecule has 6 nitrogen and oxygen atoms in total. The minimum atomic E-state index is -0.293. The summed E-state index contributed by atoms with van der Waals surface area (Å²) in [5.74, 6) is 0.785. The minimum absolute atomic E-state index is 0.0429. The molecule has 1 heterocycles. The van der Waals surface area contributed by atoms with Gasteiger partial charge in [0.05, 0.1) is 6.61 Å². The third-order valence-corrected chi connectivity index (χ3v) is 5.06. The fourth-order valence-corrected chi connectivity index (χ4v) is 3.59. The molecule has 6 heteroatoms. The Balaban J connectivity index is 1.35. The molecule has 0 fully saturated rings. The van der Waals surface area contributed by atoms with E-state index >= 15 is 0 Å². The van der Waals surface area contributed by atoms with Crippen LogP contribution in [0.2, 0.25) is 0 Å². The van der Waals surface area contributed by atoms with E-state index in [9.17, 15) is 9.59 Å². The zero-order valence-electron chi connectivity index (χ0n) is 17.3. The second kappa shape index (κ2) is 9.34. The van der Waals surface area contributed by atoms with Crippen LogP contribution in [0.25, 0.3) is 0 Å². The molecule has 0 atom stereocenters. The summed E-state index contributed by atoms with van der Waals surface area (Å²) >= 11 is 0. The highest BCUT2D eigenvalue weighted by molar-refractivity contribution is 6.07. The van der Waals surface area contributed by atoms with Gasteiger partial charge in [0.1, 0.15) is 0 Å². The second-order valence-corrected chi connectivity index (χ2v) is 7.13. The Morgan fingerprint density at radius 3 is 2.32 bits per heavy atom. The van der Waals surface area contributed by atoms with Gasteiger partial charge in [-0.2, -0.15) is 0 Å². The monoisotopic (exact) mass is 416 g/mol. The average molecular weight is 416 g/mol. The van der Waals surface area contributed by atoms with Gasteiger partial charge in [-0.3, -0.25) is 9.59 Å². The standard InChI is InChI=1S/C25H24N2O4/c1-2-30-22-9-5-6-10-23(22)31-17-24(28)26-20-13-11-19(12-14-20)25(29)27-16-15-18-7-3-4-8-21(18)27/h3-14H,2,15-17H2,1H3,(H,26,28). The van der Waals surface area contributed by atoms with Crippen molar-refractivity contribution < 1.29 is 19.1 Å². The van der Waals surface area contributed by atoms with Gasteiger partial charge in [-0.05, 0) is 61.4 Å². The number of carbonyl (C=O) groups is 2. The molecule has 1 N–H and O–H groups in total. The van der Waals surface area contributed by atoms with Crippen molar-refractivity contribution in [3.8, 4) is 11.5 Å². The molecule has 0 aromatic heterocycles. The number of nitrogens with zero attached hydrogens (tertiary/aromatic N) is 1. The van der Waals surface area contributed by atoms with Crippen LogP contribution in [0.3, 0.4) is 0 Å². The molecular formula is C25H24N2O4. The summed E-state index contributed by atoms with van der Waals surface area (Å²) in [7, 11) is 0. The third kappa shape index (κ3) is 4.69. The van der Waals surface area contributed by atoms with Crippen molar-refractivity contribution in [1.82, 2.24) is 0 Å². The number of rotatable bonds is 7. The molecule has 3 aromatic rings. The van der Waals surface area contributed by atoms with Gasteiger partial charge < -0.3 is 19.7 Å². The molecule has 1 aliphatic rings. The van der Waals surface area contributed by atoms with Crippen LogP contribution in [0, 0.1) is 0 Å². The Morgan fingerprint density at radius 1 is 0.903 bits per heavy atom. The van der Waals surface area contributed by atoms with Gasteiger partial charge in [0.2, 0.25) is 0 Å². The summed E-state index contributed by atoms with van der Waals surface area (Å²) in [6, 6.07) is 22.1. The first kappa shape index (κ1) is 20.5. The molecule has 4 rings (SSSR count). The van der Waals surface area contributed by atoms with Crippen LogP contribution in [0.4, 0.5) is 11.4 Å². The van der Waals surface area contributed by atoms with E-state index < -0.39 is 0 Å². The van der Waals surface area contributed by atoms with E-state index in [-0.39, 0.29) is 18.4 Å². The van der Waals surface area contributed by atoms with E-state index in [2.05, 4.69) is 11.4 Å². The first-order chi connectivity index (χ1) is 15.2. The number of para-hydroxylation sites is 3. The van der Waals surface area contributed by atoms with Gasteiger partial charge in [0, 0.05) is 23.5 Å². The molecule has 3 aromatic carbocycles. The molecule has 0 spiro atoms. The normalized spacial score (nSPS) is 12.2. The number of ether oxygens (including phenoxy) is 2. The van der Waals surface area contributed by atoms with Gasteiger partial charge >= 0.3 is 0 Å². The number of hydrogen-bond donors (Lipinski definition) is 1. The number of anilines is 2. The van der Waals surface area contributed by atoms with Crippen LogP contribution >= 0.6 is 0 Å². The number of nitrogens with one attached hydrogen (secondary N) is 1. The Morgan fingerprint density at radius 2 is 1.58 bits per heavy atom. The fourth-order valence-electron chi connectivity index (χ4n) is 3.59. The lowest BCUT2D eigenvalue weighted by atomic mass is 10.1. The lowest BCUT2D eigenvalue weighted by Gasteiger charge is -2.17. The highest BCUT2D eigenvalue weighted by atomic mass is 16.5. The smallest absolute Gasteiger partial charge is 0.262 e. The van der Waals surface area contributed by atoms with Gasteiger partial charge in [0.15, 0.2) is 18.1 Å². The molecule has 1 aliphatic heterocycles. The summed E-state index contributed by atoms with van der Waals surface area (Å²) in [4.78, 5) is 27.0. The van der Waals surface area contributed by atoms with Crippen molar-refractivity contribution in [1.29, 1.82) is 0 Å².